The van der Waals surface area contributed by atoms with E-state index in [1.165, 1.54) is 0 Å². The number of nitrogens with zero attached hydrogens (tertiary/aromatic N) is 3. The first-order valence-electron chi connectivity index (χ1n) is 6.23. The van der Waals surface area contributed by atoms with Crippen molar-refractivity contribution >= 4 is 11.6 Å². The molecule has 3 aromatic rings. The van der Waals surface area contributed by atoms with Crippen molar-refractivity contribution in [3.63, 3.8) is 0 Å². The summed E-state index contributed by atoms with van der Waals surface area (Å²) in [6.07, 6.45) is 1.67. The molecule has 20 heavy (non-hydrogen) atoms. The molecule has 0 saturated carbocycles. The second kappa shape index (κ2) is 5.44. The van der Waals surface area contributed by atoms with Crippen molar-refractivity contribution in [1.29, 1.82) is 0 Å². The molecule has 0 aliphatic rings. The molecular formula is C15H14N4O. The molecule has 0 spiro atoms. The molecule has 1 N–H and O–H groups in total. The van der Waals surface area contributed by atoms with Gasteiger partial charge in [0.25, 0.3) is 0 Å². The van der Waals surface area contributed by atoms with Gasteiger partial charge in [-0.2, -0.15) is 4.98 Å². The second-order valence-electron chi connectivity index (χ2n) is 4.20. The van der Waals surface area contributed by atoms with Crippen molar-refractivity contribution in [3.8, 4) is 11.4 Å². The molecule has 0 aliphatic carbocycles. The molecule has 0 fully saturated rings. The molecule has 0 saturated heterocycles. The minimum atomic E-state index is 0.562. The summed E-state index contributed by atoms with van der Waals surface area (Å²) < 4.78 is 6.84. The average Bonchev–Trinajstić information content (AvgIpc) is 2.97. The Hall–Kier alpha value is -2.82. The molecule has 0 atom stereocenters. The number of aromatic nitrogens is 3. The fourth-order valence-electron chi connectivity index (χ4n) is 1.83. The van der Waals surface area contributed by atoms with E-state index in [-0.39, 0.29) is 0 Å². The number of hydrogen-bond donors (Lipinski definition) is 1. The van der Waals surface area contributed by atoms with Crippen molar-refractivity contribution in [2.24, 2.45) is 0 Å². The Bertz CT molecular complexity index is 677. The predicted octanol–water partition coefficient (Wildman–Crippen LogP) is 3.02. The van der Waals surface area contributed by atoms with Gasteiger partial charge in [0.1, 0.15) is 12.1 Å². The van der Waals surface area contributed by atoms with Crippen molar-refractivity contribution < 1.29 is 4.74 Å². The number of para-hydroxylation sites is 1. The normalized spacial score (nSPS) is 10.2. The van der Waals surface area contributed by atoms with Crippen LogP contribution in [0.2, 0.25) is 0 Å². The number of benzene rings is 2. The summed E-state index contributed by atoms with van der Waals surface area (Å²) in [6.45, 7) is 0. The third kappa shape index (κ3) is 2.61. The molecule has 1 heterocycles. The van der Waals surface area contributed by atoms with E-state index in [0.717, 1.165) is 17.1 Å². The number of ether oxygens (including phenoxy) is 1. The van der Waals surface area contributed by atoms with Crippen LogP contribution >= 0.6 is 0 Å². The highest BCUT2D eigenvalue weighted by Gasteiger charge is 2.03. The molecule has 0 radical (unpaired) electrons. The van der Waals surface area contributed by atoms with Crippen molar-refractivity contribution in [2.75, 3.05) is 12.4 Å². The van der Waals surface area contributed by atoms with Crippen LogP contribution in [0.1, 0.15) is 0 Å². The summed E-state index contributed by atoms with van der Waals surface area (Å²) in [5.74, 6) is 1.38. The van der Waals surface area contributed by atoms with Gasteiger partial charge in [0.15, 0.2) is 0 Å². The summed E-state index contributed by atoms with van der Waals surface area (Å²) in [7, 11) is 1.65. The molecule has 5 nitrogen and oxygen atoms in total. The van der Waals surface area contributed by atoms with Gasteiger partial charge in [0.05, 0.1) is 12.8 Å². The maximum absolute atomic E-state index is 5.13. The second-order valence-corrected chi connectivity index (χ2v) is 4.20. The van der Waals surface area contributed by atoms with Crippen LogP contribution in [0.3, 0.4) is 0 Å². The molecular weight excluding hydrogens is 252 g/mol. The predicted molar refractivity (Wildman–Crippen MR) is 77.6 cm³/mol. The molecule has 0 unspecified atom stereocenters. The van der Waals surface area contributed by atoms with Crippen LogP contribution in [0.4, 0.5) is 11.6 Å². The number of rotatable bonds is 4. The SMILES string of the molecule is COc1ccc(-n2cnc(Nc3ccccc3)n2)cc1. The van der Waals surface area contributed by atoms with Crippen LogP contribution in [0.5, 0.6) is 5.75 Å². The van der Waals surface area contributed by atoms with Gasteiger partial charge in [-0.05, 0) is 36.4 Å². The third-order valence-electron chi connectivity index (χ3n) is 2.86. The molecule has 5 heteroatoms. The fraction of sp³-hybridized carbons (Fsp3) is 0.0667. The van der Waals surface area contributed by atoms with Crippen molar-refractivity contribution in [3.05, 3.63) is 60.9 Å². The lowest BCUT2D eigenvalue weighted by Crippen LogP contribution is -1.97. The topological polar surface area (TPSA) is 52.0 Å². The Kier molecular flexibility index (Phi) is 3.33. The largest absolute Gasteiger partial charge is 0.497 e. The Balaban J connectivity index is 1.79. The standard InChI is InChI=1S/C15H14N4O/c1-20-14-9-7-13(8-10-14)19-11-16-15(18-19)17-12-5-3-2-4-6-12/h2-11H,1H3,(H,17,18). The first kappa shape index (κ1) is 12.2. The number of hydrogen-bond acceptors (Lipinski definition) is 4. The number of anilines is 2. The van der Waals surface area contributed by atoms with E-state index in [1.54, 1.807) is 18.1 Å². The van der Waals surface area contributed by atoms with E-state index in [2.05, 4.69) is 15.4 Å². The Morgan fingerprint density at radius 2 is 1.75 bits per heavy atom. The van der Waals surface area contributed by atoms with Crippen LogP contribution in [0.15, 0.2) is 60.9 Å². The van der Waals surface area contributed by atoms with Crippen LogP contribution < -0.4 is 10.1 Å². The van der Waals surface area contributed by atoms with Crippen molar-refractivity contribution in [2.45, 2.75) is 0 Å². The van der Waals surface area contributed by atoms with E-state index in [0.29, 0.717) is 5.95 Å². The lowest BCUT2D eigenvalue weighted by molar-refractivity contribution is 0.414. The monoisotopic (exact) mass is 266 g/mol. The van der Waals surface area contributed by atoms with E-state index in [1.807, 2.05) is 54.6 Å². The molecule has 2 aromatic carbocycles. The van der Waals surface area contributed by atoms with Gasteiger partial charge in [0.2, 0.25) is 5.95 Å². The molecule has 0 bridgehead atoms. The molecule has 1 aromatic heterocycles. The zero-order chi connectivity index (χ0) is 13.8. The van der Waals surface area contributed by atoms with Gasteiger partial charge in [-0.15, -0.1) is 5.10 Å². The minimum absolute atomic E-state index is 0.562. The number of methoxy groups -OCH3 is 1. The van der Waals surface area contributed by atoms with Crippen LogP contribution in [-0.4, -0.2) is 21.9 Å². The van der Waals surface area contributed by atoms with Gasteiger partial charge in [-0.3, -0.25) is 0 Å². The van der Waals surface area contributed by atoms with E-state index < -0.39 is 0 Å². The summed E-state index contributed by atoms with van der Waals surface area (Å²) in [5, 5.41) is 7.53. The summed E-state index contributed by atoms with van der Waals surface area (Å²) >= 11 is 0. The minimum Gasteiger partial charge on any atom is -0.497 e. The first-order chi connectivity index (χ1) is 9.85. The lowest BCUT2D eigenvalue weighted by Gasteiger charge is -2.03. The lowest BCUT2D eigenvalue weighted by atomic mass is 10.3. The zero-order valence-corrected chi connectivity index (χ0v) is 11.0. The molecule has 3 rings (SSSR count). The third-order valence-corrected chi connectivity index (χ3v) is 2.86. The summed E-state index contributed by atoms with van der Waals surface area (Å²) in [5.41, 5.74) is 1.89. The Labute approximate surface area is 116 Å². The summed E-state index contributed by atoms with van der Waals surface area (Å²) in [4.78, 5) is 4.24. The highest BCUT2D eigenvalue weighted by molar-refractivity contribution is 5.52. The van der Waals surface area contributed by atoms with Crippen molar-refractivity contribution in [1.82, 2.24) is 14.8 Å². The Morgan fingerprint density at radius 3 is 2.45 bits per heavy atom. The van der Waals surface area contributed by atoms with E-state index in [9.17, 15) is 0 Å². The fourth-order valence-corrected chi connectivity index (χ4v) is 1.83. The van der Waals surface area contributed by atoms with Gasteiger partial charge in [0, 0.05) is 5.69 Å². The van der Waals surface area contributed by atoms with E-state index in [4.69, 9.17) is 4.74 Å². The maximum atomic E-state index is 5.13. The van der Waals surface area contributed by atoms with Gasteiger partial charge in [-0.1, -0.05) is 18.2 Å². The van der Waals surface area contributed by atoms with Crippen LogP contribution in [-0.2, 0) is 0 Å². The van der Waals surface area contributed by atoms with E-state index >= 15 is 0 Å². The smallest absolute Gasteiger partial charge is 0.246 e. The quantitative estimate of drug-likeness (QED) is 0.788. The maximum Gasteiger partial charge on any atom is 0.246 e. The number of nitrogens with one attached hydrogen (secondary N) is 1. The van der Waals surface area contributed by atoms with Gasteiger partial charge < -0.3 is 10.1 Å². The van der Waals surface area contributed by atoms with Gasteiger partial charge >= 0.3 is 0 Å². The highest BCUT2D eigenvalue weighted by atomic mass is 16.5. The average molecular weight is 266 g/mol. The highest BCUT2D eigenvalue weighted by Crippen LogP contribution is 2.16. The van der Waals surface area contributed by atoms with Crippen LogP contribution in [0.25, 0.3) is 5.69 Å². The first-order valence-corrected chi connectivity index (χ1v) is 6.23. The molecule has 0 amide bonds. The summed E-state index contributed by atoms with van der Waals surface area (Å²) in [6, 6.07) is 17.5. The zero-order valence-electron chi connectivity index (χ0n) is 11.0. The van der Waals surface area contributed by atoms with Gasteiger partial charge in [-0.25, -0.2) is 4.68 Å². The van der Waals surface area contributed by atoms with Crippen LogP contribution in [0, 0.1) is 0 Å². The molecule has 0 aliphatic heterocycles. The molecule has 100 valence electrons. The Morgan fingerprint density at radius 1 is 1.00 bits per heavy atom.